The first kappa shape index (κ1) is 20.8. The van der Waals surface area contributed by atoms with Crippen LogP contribution >= 0.6 is 0 Å². The third-order valence-electron chi connectivity index (χ3n) is 9.15. The number of esters is 2. The largest absolute Gasteiger partial charge is 0.462 e. The predicted octanol–water partition coefficient (Wildman–Crippen LogP) is 3.19. The maximum Gasteiger partial charge on any atom is 0.302 e. The third kappa shape index (κ3) is 2.96. The first-order chi connectivity index (χ1) is 13.5. The van der Waals surface area contributed by atoms with Crippen molar-refractivity contribution in [1.82, 2.24) is 0 Å². The molecule has 0 spiro atoms. The molecule has 0 aromatic rings. The first-order valence-corrected chi connectivity index (χ1v) is 11.1. The summed E-state index contributed by atoms with van der Waals surface area (Å²) >= 11 is 0. The summed E-state index contributed by atoms with van der Waals surface area (Å²) < 4.78 is 11.0. The van der Waals surface area contributed by atoms with Crippen LogP contribution < -0.4 is 0 Å². The van der Waals surface area contributed by atoms with Crippen LogP contribution in [0.3, 0.4) is 0 Å². The van der Waals surface area contributed by atoms with Crippen LogP contribution in [0.2, 0.25) is 0 Å². The van der Waals surface area contributed by atoms with Crippen molar-refractivity contribution in [3.05, 3.63) is 0 Å². The van der Waals surface area contributed by atoms with E-state index in [2.05, 4.69) is 13.8 Å². The smallest absolute Gasteiger partial charge is 0.302 e. The van der Waals surface area contributed by atoms with Crippen molar-refractivity contribution in [3.8, 4) is 0 Å². The van der Waals surface area contributed by atoms with Gasteiger partial charge in [-0.3, -0.25) is 14.4 Å². The molecule has 8 unspecified atom stereocenters. The molecule has 6 nitrogen and oxygen atoms in total. The van der Waals surface area contributed by atoms with Crippen LogP contribution in [0.4, 0.5) is 0 Å². The van der Waals surface area contributed by atoms with Crippen LogP contribution in [-0.4, -0.2) is 40.6 Å². The second kappa shape index (κ2) is 6.79. The van der Waals surface area contributed by atoms with Gasteiger partial charge in [0, 0.05) is 37.5 Å². The number of hydrogen-bond donors (Lipinski definition) is 1. The Kier molecular flexibility index (Phi) is 4.88. The van der Waals surface area contributed by atoms with E-state index in [1.807, 2.05) is 0 Å². The molecule has 0 bridgehead atoms. The van der Waals surface area contributed by atoms with E-state index in [4.69, 9.17) is 9.47 Å². The summed E-state index contributed by atoms with van der Waals surface area (Å²) in [4.78, 5) is 36.3. The Bertz CT molecular complexity index is 733. The van der Waals surface area contributed by atoms with Crippen LogP contribution in [0.5, 0.6) is 0 Å². The zero-order valence-electron chi connectivity index (χ0n) is 18.0. The van der Waals surface area contributed by atoms with Gasteiger partial charge in [0.05, 0.1) is 0 Å². The summed E-state index contributed by atoms with van der Waals surface area (Å²) in [6, 6.07) is 0. The number of aliphatic hydroxyl groups is 1. The summed E-state index contributed by atoms with van der Waals surface area (Å²) in [7, 11) is 0. The number of ketones is 1. The van der Waals surface area contributed by atoms with Crippen LogP contribution in [0.1, 0.15) is 79.1 Å². The molecule has 29 heavy (non-hydrogen) atoms. The lowest BCUT2D eigenvalue weighted by Gasteiger charge is -2.62. The Morgan fingerprint density at radius 2 is 1.66 bits per heavy atom. The molecule has 0 aromatic carbocycles. The van der Waals surface area contributed by atoms with E-state index in [0.717, 1.165) is 25.7 Å². The van der Waals surface area contributed by atoms with Gasteiger partial charge < -0.3 is 14.6 Å². The Morgan fingerprint density at radius 1 is 0.966 bits per heavy atom. The standard InChI is InChI=1S/C23H34O6/c1-13(24)28-15-7-10-22(4)18-8-9-21(3)17(5-6-20(21)29-14(2)25)16(18)11-19(26)23(22,27)12-15/h15-18,20,27H,5-12H2,1-4H3. The van der Waals surface area contributed by atoms with Gasteiger partial charge in [0.1, 0.15) is 17.8 Å². The van der Waals surface area contributed by atoms with Gasteiger partial charge in [-0.2, -0.15) is 0 Å². The summed E-state index contributed by atoms with van der Waals surface area (Å²) in [6.45, 7) is 7.14. The highest BCUT2D eigenvalue weighted by atomic mass is 16.5. The van der Waals surface area contributed by atoms with Gasteiger partial charge in [-0.15, -0.1) is 0 Å². The molecule has 0 saturated heterocycles. The summed E-state index contributed by atoms with van der Waals surface area (Å²) in [5.41, 5.74) is -2.01. The molecule has 162 valence electrons. The van der Waals surface area contributed by atoms with Crippen molar-refractivity contribution < 1.29 is 29.0 Å². The minimum absolute atomic E-state index is 0.0747. The van der Waals surface area contributed by atoms with Gasteiger partial charge in [-0.1, -0.05) is 13.8 Å². The summed E-state index contributed by atoms with van der Waals surface area (Å²) in [5, 5.41) is 11.6. The van der Waals surface area contributed by atoms with E-state index in [9.17, 15) is 19.5 Å². The van der Waals surface area contributed by atoms with E-state index in [1.165, 1.54) is 13.8 Å². The molecule has 4 rings (SSSR count). The Balaban J connectivity index is 1.61. The van der Waals surface area contributed by atoms with Crippen molar-refractivity contribution in [2.24, 2.45) is 28.6 Å². The zero-order chi connectivity index (χ0) is 21.2. The van der Waals surface area contributed by atoms with Gasteiger partial charge in [-0.05, 0) is 56.3 Å². The fourth-order valence-corrected chi connectivity index (χ4v) is 7.68. The van der Waals surface area contributed by atoms with Crippen LogP contribution in [-0.2, 0) is 23.9 Å². The monoisotopic (exact) mass is 406 g/mol. The summed E-state index contributed by atoms with van der Waals surface area (Å²) in [6.07, 6.45) is 5.19. The van der Waals surface area contributed by atoms with E-state index in [1.54, 1.807) is 0 Å². The number of fused-ring (bicyclic) bond motifs is 5. The lowest BCUT2D eigenvalue weighted by molar-refractivity contribution is -0.218. The van der Waals surface area contributed by atoms with Crippen molar-refractivity contribution >= 4 is 17.7 Å². The molecule has 1 N–H and O–H groups in total. The lowest BCUT2D eigenvalue weighted by Crippen LogP contribution is -2.67. The van der Waals surface area contributed by atoms with Gasteiger partial charge in [0.15, 0.2) is 5.78 Å². The van der Waals surface area contributed by atoms with Crippen molar-refractivity contribution in [2.75, 3.05) is 0 Å². The molecule has 0 aromatic heterocycles. The fourth-order valence-electron chi connectivity index (χ4n) is 7.68. The average molecular weight is 407 g/mol. The van der Waals surface area contributed by atoms with Gasteiger partial charge in [-0.25, -0.2) is 0 Å². The number of Topliss-reactive ketones (excluding diaryl/α,β-unsaturated/α-hetero) is 1. The normalized spacial score (nSPS) is 48.9. The molecular formula is C23H34O6. The van der Waals surface area contributed by atoms with Crippen LogP contribution in [0, 0.1) is 28.6 Å². The lowest BCUT2D eigenvalue weighted by atomic mass is 9.43. The van der Waals surface area contributed by atoms with Gasteiger partial charge >= 0.3 is 11.9 Å². The molecule has 4 fully saturated rings. The number of rotatable bonds is 2. The molecule has 4 saturated carbocycles. The third-order valence-corrected chi connectivity index (χ3v) is 9.15. The molecule has 0 radical (unpaired) electrons. The highest BCUT2D eigenvalue weighted by Gasteiger charge is 2.68. The van der Waals surface area contributed by atoms with Gasteiger partial charge in [0.2, 0.25) is 0 Å². The number of carbonyl (C=O) groups is 3. The maximum atomic E-state index is 13.3. The summed E-state index contributed by atoms with van der Waals surface area (Å²) in [5.74, 6) is 0.124. The van der Waals surface area contributed by atoms with E-state index in [0.29, 0.717) is 25.2 Å². The molecule has 0 amide bonds. The fraction of sp³-hybridized carbons (Fsp3) is 0.870. The molecule has 0 aliphatic heterocycles. The molecule has 0 heterocycles. The number of ether oxygens (including phenoxy) is 2. The first-order valence-electron chi connectivity index (χ1n) is 11.1. The number of hydrogen-bond acceptors (Lipinski definition) is 6. The predicted molar refractivity (Wildman–Crippen MR) is 105 cm³/mol. The maximum absolute atomic E-state index is 13.3. The van der Waals surface area contributed by atoms with Crippen LogP contribution in [0.25, 0.3) is 0 Å². The molecule has 8 atom stereocenters. The number of carbonyl (C=O) groups excluding carboxylic acids is 3. The second-order valence-electron chi connectivity index (χ2n) is 10.5. The van der Waals surface area contributed by atoms with E-state index in [-0.39, 0.29) is 53.6 Å². The zero-order valence-corrected chi connectivity index (χ0v) is 18.0. The second-order valence-corrected chi connectivity index (χ2v) is 10.5. The Morgan fingerprint density at radius 3 is 2.31 bits per heavy atom. The Hall–Kier alpha value is -1.43. The highest BCUT2D eigenvalue weighted by molar-refractivity contribution is 5.89. The minimum atomic E-state index is -1.42. The van der Waals surface area contributed by atoms with Gasteiger partial charge in [0.25, 0.3) is 0 Å². The average Bonchev–Trinajstić information content (AvgIpc) is 2.93. The van der Waals surface area contributed by atoms with Crippen molar-refractivity contribution in [1.29, 1.82) is 0 Å². The van der Waals surface area contributed by atoms with Crippen molar-refractivity contribution in [2.45, 2.75) is 96.9 Å². The molecule has 6 heteroatoms. The molecular weight excluding hydrogens is 372 g/mol. The SMILES string of the molecule is CC(=O)OC1CCC2(C)C3CCC4(C)C(OC(C)=O)CCC4C3CC(=O)C2(O)C1. The van der Waals surface area contributed by atoms with Crippen LogP contribution in [0.15, 0.2) is 0 Å². The minimum Gasteiger partial charge on any atom is -0.462 e. The van der Waals surface area contributed by atoms with E-state index >= 15 is 0 Å². The molecule has 4 aliphatic carbocycles. The Labute approximate surface area is 172 Å². The topological polar surface area (TPSA) is 89.9 Å². The van der Waals surface area contributed by atoms with Crippen molar-refractivity contribution in [3.63, 3.8) is 0 Å². The van der Waals surface area contributed by atoms with E-state index < -0.39 is 11.0 Å². The highest BCUT2D eigenvalue weighted by Crippen LogP contribution is 2.66. The molecule has 4 aliphatic rings. The quantitative estimate of drug-likeness (QED) is 0.709.